The van der Waals surface area contributed by atoms with Crippen molar-refractivity contribution in [1.29, 1.82) is 0 Å². The molecule has 1 amide bonds. The first kappa shape index (κ1) is 23.9. The smallest absolute Gasteiger partial charge is 0.255 e. The average Bonchev–Trinajstić information content (AvgIpc) is 2.90. The minimum atomic E-state index is 0.0241. The zero-order valence-electron chi connectivity index (χ0n) is 19.5. The van der Waals surface area contributed by atoms with Gasteiger partial charge in [-0.25, -0.2) is 4.98 Å². The van der Waals surface area contributed by atoms with Crippen LogP contribution in [0.3, 0.4) is 0 Å². The molecule has 7 nitrogen and oxygen atoms in total. The zero-order valence-corrected chi connectivity index (χ0v) is 21.0. The Morgan fingerprint density at radius 2 is 1.86 bits per heavy atom. The summed E-state index contributed by atoms with van der Waals surface area (Å²) in [6.45, 7) is 6.23. The fourth-order valence-corrected chi connectivity index (χ4v) is 4.96. The van der Waals surface area contributed by atoms with Crippen molar-refractivity contribution in [3.05, 3.63) is 81.7 Å². The number of anilines is 2. The van der Waals surface area contributed by atoms with Crippen LogP contribution in [0.25, 0.3) is 0 Å². The van der Waals surface area contributed by atoms with Crippen molar-refractivity contribution in [3.63, 3.8) is 0 Å². The number of amides is 1. The quantitative estimate of drug-likeness (QED) is 0.535. The molecular formula is C26H28Cl2N6O. The van der Waals surface area contributed by atoms with Gasteiger partial charge in [0.05, 0.1) is 11.3 Å². The lowest BCUT2D eigenvalue weighted by molar-refractivity contribution is 0.0638. The number of nitrogens with one attached hydrogen (secondary N) is 1. The number of fused-ring (bicyclic) bond motifs is 1. The average molecular weight is 511 g/mol. The Balaban J connectivity index is 1.23. The monoisotopic (exact) mass is 510 g/mol. The maximum absolute atomic E-state index is 13.3. The number of pyridine rings is 2. The molecule has 0 spiro atoms. The van der Waals surface area contributed by atoms with Crippen LogP contribution in [-0.2, 0) is 13.0 Å². The van der Waals surface area contributed by atoms with E-state index in [4.69, 9.17) is 23.2 Å². The predicted octanol–water partition coefficient (Wildman–Crippen LogP) is 4.22. The van der Waals surface area contributed by atoms with E-state index in [-0.39, 0.29) is 5.91 Å². The number of carbonyl (C=O) groups excluding carboxylic acids is 1. The molecule has 0 saturated carbocycles. The number of hydrogen-bond acceptors (Lipinski definition) is 6. The lowest BCUT2D eigenvalue weighted by atomic mass is 10.1. The Bertz CT molecular complexity index is 1180. The van der Waals surface area contributed by atoms with Gasteiger partial charge >= 0.3 is 0 Å². The minimum Gasteiger partial charge on any atom is -0.367 e. The summed E-state index contributed by atoms with van der Waals surface area (Å²) in [6.07, 6.45) is 4.43. The molecule has 9 heteroatoms. The van der Waals surface area contributed by atoms with E-state index in [0.717, 1.165) is 61.9 Å². The summed E-state index contributed by atoms with van der Waals surface area (Å²) in [6, 6.07) is 13.5. The van der Waals surface area contributed by atoms with Crippen molar-refractivity contribution >= 4 is 40.6 Å². The molecule has 1 N–H and O–H groups in total. The molecule has 1 aromatic carbocycles. The number of hydrogen-bond donors (Lipinski definition) is 1. The van der Waals surface area contributed by atoms with Gasteiger partial charge in [-0.15, -0.1) is 0 Å². The van der Waals surface area contributed by atoms with Crippen LogP contribution < -0.4 is 10.2 Å². The SMILES string of the molecule is O=C(c1cnc2c(c1)N(Cc1cc(Cl)ccc1Cl)CCN2)N1CCN(CCc2ccccn2)CC1. The van der Waals surface area contributed by atoms with Gasteiger partial charge < -0.3 is 15.1 Å². The van der Waals surface area contributed by atoms with Gasteiger partial charge in [0.2, 0.25) is 0 Å². The minimum absolute atomic E-state index is 0.0241. The van der Waals surface area contributed by atoms with E-state index >= 15 is 0 Å². The van der Waals surface area contributed by atoms with E-state index in [2.05, 4.69) is 31.2 Å². The van der Waals surface area contributed by atoms with E-state index in [1.54, 1.807) is 12.3 Å². The van der Waals surface area contributed by atoms with Gasteiger partial charge in [0.15, 0.2) is 0 Å². The van der Waals surface area contributed by atoms with Crippen LogP contribution >= 0.6 is 23.2 Å². The molecule has 5 rings (SSSR count). The summed E-state index contributed by atoms with van der Waals surface area (Å²) in [5.74, 6) is 0.807. The number of rotatable bonds is 6. The molecule has 0 radical (unpaired) electrons. The molecule has 4 heterocycles. The van der Waals surface area contributed by atoms with Crippen LogP contribution in [0.1, 0.15) is 21.6 Å². The second-order valence-corrected chi connectivity index (χ2v) is 9.72. The van der Waals surface area contributed by atoms with Gasteiger partial charge in [-0.2, -0.15) is 0 Å². The Kier molecular flexibility index (Phi) is 7.37. The maximum atomic E-state index is 13.3. The summed E-state index contributed by atoms with van der Waals surface area (Å²) in [7, 11) is 0. The first-order valence-electron chi connectivity index (χ1n) is 11.9. The Morgan fingerprint density at radius 1 is 1.00 bits per heavy atom. The molecular weight excluding hydrogens is 483 g/mol. The summed E-state index contributed by atoms with van der Waals surface area (Å²) >= 11 is 12.6. The van der Waals surface area contributed by atoms with E-state index in [0.29, 0.717) is 35.2 Å². The van der Waals surface area contributed by atoms with E-state index in [9.17, 15) is 4.79 Å². The third kappa shape index (κ3) is 5.69. The predicted molar refractivity (Wildman–Crippen MR) is 141 cm³/mol. The Morgan fingerprint density at radius 3 is 2.66 bits per heavy atom. The lowest BCUT2D eigenvalue weighted by Crippen LogP contribution is -2.49. The van der Waals surface area contributed by atoms with Gasteiger partial charge in [0.25, 0.3) is 5.91 Å². The van der Waals surface area contributed by atoms with Crippen molar-refractivity contribution in [2.75, 3.05) is 56.0 Å². The molecule has 2 aliphatic heterocycles. The van der Waals surface area contributed by atoms with Crippen LogP contribution in [0.15, 0.2) is 54.9 Å². The molecule has 0 atom stereocenters. The third-order valence-electron chi connectivity index (χ3n) is 6.57. The van der Waals surface area contributed by atoms with Gasteiger partial charge in [0.1, 0.15) is 5.82 Å². The van der Waals surface area contributed by atoms with E-state index < -0.39 is 0 Å². The summed E-state index contributed by atoms with van der Waals surface area (Å²) in [5.41, 5.74) is 3.57. The summed E-state index contributed by atoms with van der Waals surface area (Å²) in [4.78, 5) is 28.8. The van der Waals surface area contributed by atoms with Gasteiger partial charge in [-0.05, 0) is 42.0 Å². The largest absolute Gasteiger partial charge is 0.367 e. The fourth-order valence-electron chi connectivity index (χ4n) is 4.59. The zero-order chi connectivity index (χ0) is 24.2. The third-order valence-corrected chi connectivity index (χ3v) is 7.17. The topological polar surface area (TPSA) is 64.6 Å². The molecule has 1 saturated heterocycles. The highest BCUT2D eigenvalue weighted by Crippen LogP contribution is 2.31. The standard InChI is InChI=1S/C26H28Cl2N6O/c27-21-4-5-23(28)20(15-21)18-34-10-8-30-25-24(34)16-19(17-31-25)26(35)33-13-11-32(12-14-33)9-6-22-3-1-2-7-29-22/h1-5,7,15-17H,6,8-14,18H2,(H,30,31). The molecule has 0 bridgehead atoms. The van der Waals surface area contributed by atoms with Crippen LogP contribution in [0.4, 0.5) is 11.5 Å². The van der Waals surface area contributed by atoms with Crippen LogP contribution in [0.2, 0.25) is 10.0 Å². The molecule has 0 aliphatic carbocycles. The van der Waals surface area contributed by atoms with Gasteiger partial charge in [-0.3, -0.25) is 14.7 Å². The number of halogens is 2. The fraction of sp³-hybridized carbons (Fsp3) is 0.346. The first-order chi connectivity index (χ1) is 17.1. The number of aromatic nitrogens is 2. The highest BCUT2D eigenvalue weighted by Gasteiger charge is 2.25. The molecule has 182 valence electrons. The van der Waals surface area contributed by atoms with Crippen molar-refractivity contribution < 1.29 is 4.79 Å². The summed E-state index contributed by atoms with van der Waals surface area (Å²) in [5, 5.41) is 4.67. The van der Waals surface area contributed by atoms with Crippen LogP contribution in [-0.4, -0.2) is 71.5 Å². The molecule has 2 aliphatic rings. The lowest BCUT2D eigenvalue weighted by Gasteiger charge is -2.35. The van der Waals surface area contributed by atoms with Gasteiger partial charge in [-0.1, -0.05) is 29.3 Å². The second kappa shape index (κ2) is 10.8. The first-order valence-corrected chi connectivity index (χ1v) is 12.7. The number of piperazine rings is 1. The maximum Gasteiger partial charge on any atom is 0.255 e. The number of carbonyl (C=O) groups is 1. The molecule has 35 heavy (non-hydrogen) atoms. The highest BCUT2D eigenvalue weighted by molar-refractivity contribution is 6.33. The van der Waals surface area contributed by atoms with Gasteiger partial charge in [0, 0.05) is 86.9 Å². The number of benzene rings is 1. The number of nitrogens with zero attached hydrogens (tertiary/aromatic N) is 5. The van der Waals surface area contributed by atoms with Crippen molar-refractivity contribution in [1.82, 2.24) is 19.8 Å². The van der Waals surface area contributed by atoms with Crippen molar-refractivity contribution in [2.24, 2.45) is 0 Å². The Labute approximate surface area is 215 Å². The Hall–Kier alpha value is -2.87. The van der Waals surface area contributed by atoms with Crippen molar-refractivity contribution in [2.45, 2.75) is 13.0 Å². The normalized spacial score (nSPS) is 16.1. The molecule has 0 unspecified atom stereocenters. The molecule has 1 fully saturated rings. The van der Waals surface area contributed by atoms with E-state index in [1.165, 1.54) is 0 Å². The van der Waals surface area contributed by atoms with Crippen LogP contribution in [0, 0.1) is 0 Å². The highest BCUT2D eigenvalue weighted by atomic mass is 35.5. The van der Waals surface area contributed by atoms with E-state index in [1.807, 2.05) is 41.4 Å². The van der Waals surface area contributed by atoms with Crippen LogP contribution in [0.5, 0.6) is 0 Å². The second-order valence-electron chi connectivity index (χ2n) is 8.88. The van der Waals surface area contributed by atoms with Crippen molar-refractivity contribution in [3.8, 4) is 0 Å². The molecule has 3 aromatic rings. The summed E-state index contributed by atoms with van der Waals surface area (Å²) < 4.78 is 0. The molecule has 2 aromatic heterocycles.